The number of aromatic amines is 1. The van der Waals surface area contributed by atoms with Crippen molar-refractivity contribution in [3.8, 4) is 22.9 Å². The molecule has 286 valence electrons. The molecule has 13 heteroatoms. The van der Waals surface area contributed by atoms with Gasteiger partial charge in [-0.2, -0.15) is 5.10 Å². The first kappa shape index (κ1) is 36.5. The molecular formula is C43H42FN7O5. The number of hydrogen-bond acceptors (Lipinski definition) is 8. The lowest BCUT2D eigenvalue weighted by molar-refractivity contribution is -0.118. The fourth-order valence-electron chi connectivity index (χ4n) is 7.39. The van der Waals surface area contributed by atoms with Crippen LogP contribution in [-0.4, -0.2) is 68.7 Å². The van der Waals surface area contributed by atoms with E-state index in [-0.39, 0.29) is 34.8 Å². The number of nitrogens with zero attached hydrogens (tertiary/aromatic N) is 4. The number of ketones is 1. The quantitative estimate of drug-likeness (QED) is 0.0921. The van der Waals surface area contributed by atoms with E-state index in [0.717, 1.165) is 36.4 Å². The highest BCUT2D eigenvalue weighted by atomic mass is 19.1. The maximum atomic E-state index is 14.2. The number of halogens is 1. The Hall–Kier alpha value is -6.47. The molecule has 6 aromatic rings. The minimum atomic E-state index is -0.748. The van der Waals surface area contributed by atoms with Crippen LogP contribution in [0, 0.1) is 12.7 Å². The van der Waals surface area contributed by atoms with E-state index < -0.39 is 23.7 Å². The van der Waals surface area contributed by atoms with Gasteiger partial charge in [0.1, 0.15) is 29.5 Å². The molecule has 1 atom stereocenters. The molecule has 4 aromatic carbocycles. The molecule has 4 heterocycles. The molecule has 0 bridgehead atoms. The molecule has 4 N–H and O–H groups in total. The monoisotopic (exact) mass is 755 g/mol. The molecule has 0 spiro atoms. The number of aromatic nitrogens is 3. The minimum Gasteiger partial charge on any atom is -0.488 e. The Bertz CT molecular complexity index is 2450. The molecule has 12 nitrogen and oxygen atoms in total. The number of nitrogen functional groups attached to an aromatic ring is 1. The van der Waals surface area contributed by atoms with E-state index in [2.05, 4.69) is 34.1 Å². The number of carbonyl (C=O) groups excluding carboxylic acids is 3. The third-order valence-corrected chi connectivity index (χ3v) is 10.5. The summed E-state index contributed by atoms with van der Waals surface area (Å²) >= 11 is 0. The molecular weight excluding hydrogens is 714 g/mol. The van der Waals surface area contributed by atoms with Crippen LogP contribution in [0.25, 0.3) is 16.6 Å². The van der Waals surface area contributed by atoms with E-state index in [1.807, 2.05) is 37.3 Å². The van der Waals surface area contributed by atoms with Crippen LogP contribution in [0.1, 0.15) is 53.9 Å². The van der Waals surface area contributed by atoms with Crippen LogP contribution < -0.4 is 25.4 Å². The van der Waals surface area contributed by atoms with E-state index >= 15 is 0 Å². The minimum absolute atomic E-state index is 0.105. The van der Waals surface area contributed by atoms with Gasteiger partial charge in [0.05, 0.1) is 28.8 Å². The summed E-state index contributed by atoms with van der Waals surface area (Å²) in [5.74, 6) is -0.190. The number of urea groups is 1. The van der Waals surface area contributed by atoms with Crippen molar-refractivity contribution in [1.29, 1.82) is 0 Å². The van der Waals surface area contributed by atoms with Gasteiger partial charge in [-0.05, 0) is 93.3 Å². The van der Waals surface area contributed by atoms with Gasteiger partial charge in [0.25, 0.3) is 5.91 Å². The zero-order valence-electron chi connectivity index (χ0n) is 31.3. The first-order valence-electron chi connectivity index (χ1n) is 18.7. The van der Waals surface area contributed by atoms with Crippen molar-refractivity contribution in [3.63, 3.8) is 0 Å². The van der Waals surface area contributed by atoms with Gasteiger partial charge in [0, 0.05) is 36.5 Å². The molecule has 2 fully saturated rings. The molecule has 0 saturated carbocycles. The molecule has 0 unspecified atom stereocenters. The Morgan fingerprint density at radius 1 is 0.946 bits per heavy atom. The number of fused-ring (bicyclic) bond motifs is 1. The maximum absolute atomic E-state index is 14.2. The normalized spacial score (nSPS) is 16.5. The van der Waals surface area contributed by atoms with Crippen LogP contribution in [0.2, 0.25) is 0 Å². The van der Waals surface area contributed by atoms with Crippen molar-refractivity contribution in [1.82, 2.24) is 25.0 Å². The van der Waals surface area contributed by atoms with Gasteiger partial charge < -0.3 is 30.4 Å². The van der Waals surface area contributed by atoms with Gasteiger partial charge in [0.15, 0.2) is 11.6 Å². The van der Waals surface area contributed by atoms with Crippen LogP contribution in [-0.2, 0) is 11.2 Å². The van der Waals surface area contributed by atoms with Crippen LogP contribution in [0.5, 0.6) is 17.2 Å². The lowest BCUT2D eigenvalue weighted by Gasteiger charge is -2.35. The number of nitrogens with two attached hydrogens (primary N) is 1. The van der Waals surface area contributed by atoms with Gasteiger partial charge in [-0.25, -0.2) is 18.8 Å². The predicted molar refractivity (Wildman–Crippen MR) is 211 cm³/mol. The molecule has 3 amide bonds. The number of piperidine rings is 1. The van der Waals surface area contributed by atoms with E-state index in [0.29, 0.717) is 51.8 Å². The molecule has 2 aliphatic heterocycles. The van der Waals surface area contributed by atoms with Crippen molar-refractivity contribution in [2.24, 2.45) is 0 Å². The second-order valence-corrected chi connectivity index (χ2v) is 14.6. The summed E-state index contributed by atoms with van der Waals surface area (Å²) in [4.78, 5) is 48.1. The highest BCUT2D eigenvalue weighted by Gasteiger charge is 2.41. The summed E-state index contributed by atoms with van der Waals surface area (Å²) in [6.45, 7) is 7.89. The zero-order chi connectivity index (χ0) is 39.1. The van der Waals surface area contributed by atoms with E-state index in [1.54, 1.807) is 54.6 Å². The van der Waals surface area contributed by atoms with Gasteiger partial charge in [-0.3, -0.25) is 9.59 Å². The second kappa shape index (κ2) is 15.0. The number of carbonyl (C=O) groups is 3. The third-order valence-electron chi connectivity index (χ3n) is 10.5. The molecule has 0 radical (unpaired) electrons. The molecule has 0 aliphatic carbocycles. The number of hydrogen-bond donors (Lipinski definition) is 3. The van der Waals surface area contributed by atoms with Gasteiger partial charge in [-0.1, -0.05) is 42.5 Å². The van der Waals surface area contributed by atoms with Crippen LogP contribution >= 0.6 is 0 Å². The van der Waals surface area contributed by atoms with Crippen molar-refractivity contribution in [2.75, 3.05) is 23.7 Å². The Labute approximate surface area is 323 Å². The summed E-state index contributed by atoms with van der Waals surface area (Å²) in [6.07, 6.45) is 3.19. The summed E-state index contributed by atoms with van der Waals surface area (Å²) in [5.41, 5.74) is 10.00. The largest absolute Gasteiger partial charge is 0.488 e. The average molecular weight is 756 g/mol. The smallest absolute Gasteiger partial charge is 0.329 e. The first-order chi connectivity index (χ1) is 27.0. The van der Waals surface area contributed by atoms with Crippen molar-refractivity contribution in [2.45, 2.75) is 58.2 Å². The number of amides is 3. The van der Waals surface area contributed by atoms with Crippen molar-refractivity contribution < 1.29 is 28.2 Å². The number of para-hydroxylation sites is 1. The van der Waals surface area contributed by atoms with Gasteiger partial charge in [-0.15, -0.1) is 0 Å². The number of imide groups is 1. The number of ether oxygens (including phenoxy) is 2. The van der Waals surface area contributed by atoms with Crippen LogP contribution in [0.4, 0.5) is 20.7 Å². The number of nitrogens with one attached hydrogen (secondary N) is 2. The number of anilines is 2. The van der Waals surface area contributed by atoms with Crippen LogP contribution in [0.3, 0.4) is 0 Å². The molecule has 56 heavy (non-hydrogen) atoms. The molecule has 8 rings (SSSR count). The second-order valence-electron chi connectivity index (χ2n) is 14.6. The predicted octanol–water partition coefficient (Wildman–Crippen LogP) is 7.33. The number of aryl methyl sites for hydroxylation is 1. The topological polar surface area (TPSA) is 148 Å². The Morgan fingerprint density at radius 2 is 1.70 bits per heavy atom. The van der Waals surface area contributed by atoms with E-state index in [9.17, 15) is 18.8 Å². The Kier molecular flexibility index (Phi) is 9.77. The van der Waals surface area contributed by atoms with E-state index in [1.165, 1.54) is 16.9 Å². The summed E-state index contributed by atoms with van der Waals surface area (Å²) < 4.78 is 28.1. The lowest BCUT2D eigenvalue weighted by Crippen LogP contribution is -2.42. The summed E-state index contributed by atoms with van der Waals surface area (Å²) in [5, 5.41) is 7.92. The van der Waals surface area contributed by atoms with Crippen molar-refractivity contribution >= 4 is 40.1 Å². The first-order valence-corrected chi connectivity index (χ1v) is 18.7. The van der Waals surface area contributed by atoms with E-state index in [4.69, 9.17) is 15.2 Å². The fraction of sp³-hybridized carbons (Fsp3) is 0.256. The highest BCUT2D eigenvalue weighted by molar-refractivity contribution is 6.23. The Morgan fingerprint density at radius 3 is 2.43 bits per heavy atom. The molecule has 2 aliphatic rings. The highest BCUT2D eigenvalue weighted by Crippen LogP contribution is 2.38. The maximum Gasteiger partial charge on any atom is 0.329 e. The summed E-state index contributed by atoms with van der Waals surface area (Å²) in [7, 11) is 0. The third kappa shape index (κ3) is 7.08. The van der Waals surface area contributed by atoms with Crippen molar-refractivity contribution in [3.05, 3.63) is 125 Å². The zero-order valence-corrected chi connectivity index (χ0v) is 31.3. The number of likely N-dealkylation sites (tertiary alicyclic amines) is 1. The summed E-state index contributed by atoms with van der Waals surface area (Å²) in [6, 6.07) is 25.2. The number of rotatable bonds is 11. The number of benzene rings is 4. The van der Waals surface area contributed by atoms with Gasteiger partial charge >= 0.3 is 6.03 Å². The molecule has 2 aromatic heterocycles. The van der Waals surface area contributed by atoms with Gasteiger partial charge in [0.2, 0.25) is 5.78 Å². The number of H-pyrrole nitrogens is 1. The lowest BCUT2D eigenvalue weighted by atomic mass is 10.1. The average Bonchev–Trinajstić information content (AvgIpc) is 3.87. The molecule has 2 saturated heterocycles. The Balaban J connectivity index is 1.08. The van der Waals surface area contributed by atoms with Crippen LogP contribution in [0.15, 0.2) is 97.2 Å². The SMILES string of the molecule is Cc1cc(-n2ncc(C(=O)c3cc4cc(OC5CCN(C(C)C)CC5)c(N5C(=O)N[C@@H](Cc6ccccc6)C5=O)cc4[nH]3)c2N)ccc1Oc1ccccc1F. The fourth-order valence-corrected chi connectivity index (χ4v) is 7.39. The standard InChI is InChI=1S/C43H42FN7O5/c1-25(2)49-17-15-30(16-18-49)55-39-22-28-21-34(47-33(28)23-36(39)50-42(53)35(48-43(50)54)20-27-9-5-4-6-10-27)40(52)31-24-46-51(41(31)45)29-13-14-37(26(3)19-29)56-38-12-8-7-11-32(38)44/h4-14,19,21-25,30,35,47H,15-18,20,45H2,1-3H3,(H,48,54)/t35-/m0/s1.